The third-order valence-electron chi connectivity index (χ3n) is 6.99. The van der Waals surface area contributed by atoms with Crippen molar-refractivity contribution in [1.29, 1.82) is 0 Å². The summed E-state index contributed by atoms with van der Waals surface area (Å²) in [6.07, 6.45) is -6.08. The maximum atomic E-state index is 12.4. The molecule has 13 heteroatoms. The molecular weight excluding hydrogens is 544 g/mol. The molecular formula is C28H30O13. The van der Waals surface area contributed by atoms with Crippen LogP contribution in [0.2, 0.25) is 0 Å². The Bertz CT molecular complexity index is 1630. The summed E-state index contributed by atoms with van der Waals surface area (Å²) in [5, 5.41) is 43.3. The van der Waals surface area contributed by atoms with E-state index >= 15 is 0 Å². The minimum Gasteiger partial charge on any atom is -0.486 e. The molecule has 0 aliphatic carbocycles. The van der Waals surface area contributed by atoms with Gasteiger partial charge < -0.3 is 52.6 Å². The van der Waals surface area contributed by atoms with Crippen LogP contribution >= 0.6 is 0 Å². The Kier molecular flexibility index (Phi) is 7.92. The molecule has 0 spiro atoms. The van der Waals surface area contributed by atoms with Gasteiger partial charge >= 0.3 is 5.63 Å². The van der Waals surface area contributed by atoms with E-state index < -0.39 is 60.1 Å². The molecule has 1 fully saturated rings. The van der Waals surface area contributed by atoms with Crippen LogP contribution in [-0.4, -0.2) is 76.1 Å². The van der Waals surface area contributed by atoms with Crippen molar-refractivity contribution in [2.24, 2.45) is 0 Å². The van der Waals surface area contributed by atoms with Crippen molar-refractivity contribution in [3.63, 3.8) is 0 Å². The fraction of sp³-hybridized carbons (Fsp3) is 0.429. The molecule has 0 saturated carbocycles. The van der Waals surface area contributed by atoms with E-state index in [0.717, 1.165) is 6.07 Å². The van der Waals surface area contributed by atoms with Gasteiger partial charge in [0, 0.05) is 17.5 Å². The average molecular weight is 575 g/mol. The zero-order valence-corrected chi connectivity index (χ0v) is 22.4. The highest BCUT2D eigenvalue weighted by Crippen LogP contribution is 2.36. The van der Waals surface area contributed by atoms with Crippen LogP contribution in [0.25, 0.3) is 21.9 Å². The molecule has 1 aliphatic heterocycles. The molecule has 220 valence electrons. The highest BCUT2D eigenvalue weighted by atomic mass is 16.7. The van der Waals surface area contributed by atoms with Gasteiger partial charge in [-0.1, -0.05) is 0 Å². The Morgan fingerprint density at radius 2 is 1.78 bits per heavy atom. The van der Waals surface area contributed by atoms with E-state index in [-0.39, 0.29) is 29.4 Å². The number of aryl methyl sites for hydroxylation is 1. The number of rotatable bonds is 9. The predicted octanol–water partition coefficient (Wildman–Crippen LogP) is 1.22. The van der Waals surface area contributed by atoms with Gasteiger partial charge in [0.15, 0.2) is 11.3 Å². The molecule has 0 amide bonds. The summed E-state index contributed by atoms with van der Waals surface area (Å²) in [4.78, 5) is 24.1. The van der Waals surface area contributed by atoms with Crippen LogP contribution in [0.1, 0.15) is 19.6 Å². The molecule has 0 unspecified atom stereocenters. The third-order valence-corrected chi connectivity index (χ3v) is 6.99. The summed E-state index contributed by atoms with van der Waals surface area (Å²) < 4.78 is 39.5. The van der Waals surface area contributed by atoms with Gasteiger partial charge in [0.05, 0.1) is 30.1 Å². The smallest absolute Gasteiger partial charge is 0.336 e. The van der Waals surface area contributed by atoms with E-state index in [9.17, 15) is 30.0 Å². The van der Waals surface area contributed by atoms with Crippen molar-refractivity contribution in [2.75, 3.05) is 13.2 Å². The molecule has 4 aromatic rings. The Morgan fingerprint density at radius 3 is 2.51 bits per heavy atom. The van der Waals surface area contributed by atoms with Gasteiger partial charge in [-0.05, 0) is 39.0 Å². The van der Waals surface area contributed by atoms with Gasteiger partial charge in [0.2, 0.25) is 17.5 Å². The number of hydrogen-bond acceptors (Lipinski definition) is 13. The predicted molar refractivity (Wildman–Crippen MR) is 141 cm³/mol. The van der Waals surface area contributed by atoms with Gasteiger partial charge in [-0.25, -0.2) is 4.79 Å². The molecule has 4 heterocycles. The van der Waals surface area contributed by atoms with E-state index in [1.54, 1.807) is 12.1 Å². The Morgan fingerprint density at radius 1 is 1.02 bits per heavy atom. The topological polar surface area (TPSA) is 191 Å². The van der Waals surface area contributed by atoms with Crippen molar-refractivity contribution in [3.05, 3.63) is 69.3 Å². The van der Waals surface area contributed by atoms with Gasteiger partial charge in [-0.15, -0.1) is 0 Å². The first-order valence-electron chi connectivity index (χ1n) is 12.8. The van der Waals surface area contributed by atoms with Gasteiger partial charge in [0.1, 0.15) is 48.5 Å². The Labute approximate surface area is 232 Å². The van der Waals surface area contributed by atoms with Crippen LogP contribution in [0, 0.1) is 6.92 Å². The van der Waals surface area contributed by atoms with Crippen LogP contribution in [0.3, 0.4) is 0 Å². The molecule has 1 aromatic carbocycles. The maximum Gasteiger partial charge on any atom is 0.336 e. The number of aliphatic hydroxyl groups excluding tert-OH is 4. The summed E-state index contributed by atoms with van der Waals surface area (Å²) >= 11 is 0. The fourth-order valence-corrected chi connectivity index (χ4v) is 4.58. The molecule has 5 rings (SSSR count). The van der Waals surface area contributed by atoms with Crippen molar-refractivity contribution in [3.8, 4) is 11.5 Å². The lowest BCUT2D eigenvalue weighted by atomic mass is 9.96. The second-order valence-electron chi connectivity index (χ2n) is 10.2. The number of ether oxygens (including phenoxy) is 4. The lowest BCUT2D eigenvalue weighted by Crippen LogP contribution is -2.63. The molecule has 0 bridgehead atoms. The lowest BCUT2D eigenvalue weighted by molar-refractivity contribution is -0.312. The van der Waals surface area contributed by atoms with E-state index in [0.29, 0.717) is 16.4 Å². The summed E-state index contributed by atoms with van der Waals surface area (Å²) in [6, 6.07) is 7.19. The summed E-state index contributed by atoms with van der Waals surface area (Å²) in [5.41, 5.74) is -1.89. The highest BCUT2D eigenvalue weighted by Gasteiger charge is 2.49. The van der Waals surface area contributed by atoms with Gasteiger partial charge in [-0.2, -0.15) is 0 Å². The van der Waals surface area contributed by atoms with Crippen molar-refractivity contribution >= 4 is 21.9 Å². The molecule has 0 radical (unpaired) electrons. The van der Waals surface area contributed by atoms with E-state index in [1.165, 1.54) is 45.4 Å². The number of hydrogen-bond donors (Lipinski definition) is 4. The first kappa shape index (κ1) is 28.8. The summed E-state index contributed by atoms with van der Waals surface area (Å²) in [6.45, 7) is 3.53. The number of aliphatic hydroxyl groups is 4. The van der Waals surface area contributed by atoms with Crippen LogP contribution in [0.15, 0.2) is 65.7 Å². The third kappa shape index (κ3) is 5.60. The fourth-order valence-electron chi connectivity index (χ4n) is 4.58. The Hall–Kier alpha value is -3.72. The van der Waals surface area contributed by atoms with Crippen LogP contribution in [0.4, 0.5) is 0 Å². The molecule has 41 heavy (non-hydrogen) atoms. The molecule has 6 atom stereocenters. The Balaban J connectivity index is 1.38. The molecule has 13 nitrogen and oxygen atoms in total. The van der Waals surface area contributed by atoms with Crippen LogP contribution in [0.5, 0.6) is 11.5 Å². The highest BCUT2D eigenvalue weighted by molar-refractivity contribution is 6.00. The minimum atomic E-state index is -1.64. The second-order valence-corrected chi connectivity index (χ2v) is 10.2. The second kappa shape index (κ2) is 11.3. The van der Waals surface area contributed by atoms with Crippen molar-refractivity contribution in [1.82, 2.24) is 0 Å². The van der Waals surface area contributed by atoms with Gasteiger partial charge in [0.25, 0.3) is 0 Å². The SMILES string of the molecule is Cc1occc(=O)c1O[C@@H]1O[C@H](CO)[C@@H](O)[C@H](O)[C@H]1OC(C)(C)[C@H](O)COc1c2ccc(=O)oc2cc2ccoc12. The largest absolute Gasteiger partial charge is 0.486 e. The zero-order valence-electron chi connectivity index (χ0n) is 22.4. The van der Waals surface area contributed by atoms with Gasteiger partial charge in [-0.3, -0.25) is 4.79 Å². The zero-order chi connectivity index (χ0) is 29.5. The lowest BCUT2D eigenvalue weighted by Gasteiger charge is -2.45. The summed E-state index contributed by atoms with van der Waals surface area (Å²) in [5.74, 6) is 0.151. The number of furan rings is 1. The normalized spacial score (nSPS) is 24.0. The monoisotopic (exact) mass is 574 g/mol. The first-order valence-corrected chi connectivity index (χ1v) is 12.8. The van der Waals surface area contributed by atoms with Crippen LogP contribution in [-0.2, 0) is 9.47 Å². The van der Waals surface area contributed by atoms with Crippen molar-refractivity contribution in [2.45, 2.75) is 63.2 Å². The molecule has 1 saturated heterocycles. The maximum absolute atomic E-state index is 12.4. The number of fused-ring (bicyclic) bond motifs is 2. The minimum absolute atomic E-state index is 0.129. The average Bonchev–Trinajstić information content (AvgIpc) is 3.40. The quantitative estimate of drug-likeness (QED) is 0.209. The standard InChI is InChI=1S/C28H30O13/c1-13-23(16(30)7-9-35-13)40-27-26(22(34)21(33)18(11-29)39-27)41-28(2,3)19(31)12-37-25-15-4-5-20(32)38-17(15)10-14-6-8-36-24(14)25/h4-10,18-19,21-22,26-27,29,31,33-34H,11-12H2,1-3H3/t18-,19-,21-,22+,26-,27+/m1/s1. The number of benzene rings is 1. The summed E-state index contributed by atoms with van der Waals surface area (Å²) in [7, 11) is 0. The molecule has 1 aliphatic rings. The first-order chi connectivity index (χ1) is 19.5. The van der Waals surface area contributed by atoms with E-state index in [4.69, 9.17) is 32.2 Å². The van der Waals surface area contributed by atoms with Crippen LogP contribution < -0.4 is 20.5 Å². The van der Waals surface area contributed by atoms with E-state index in [1.807, 2.05) is 0 Å². The van der Waals surface area contributed by atoms with Crippen molar-refractivity contribution < 1.29 is 52.6 Å². The molecule has 3 aromatic heterocycles. The molecule has 4 N–H and O–H groups in total. The van der Waals surface area contributed by atoms with E-state index in [2.05, 4.69) is 0 Å².